The summed E-state index contributed by atoms with van der Waals surface area (Å²) in [5, 5.41) is 11.8. The number of hydrogen-bond acceptors (Lipinski definition) is 5. The molecule has 8 heteroatoms. The SMILES string of the molecule is CCOc1ccc(CNC(=O)c2nnn(-c3ccccc3Cl)c2-c2cccnc2)cc1. The fraction of sp³-hybridized carbons (Fsp3) is 0.130. The Hall–Kier alpha value is -3.71. The van der Waals surface area contributed by atoms with Crippen molar-refractivity contribution in [1.29, 1.82) is 0 Å². The number of rotatable bonds is 7. The quantitative estimate of drug-likeness (QED) is 0.469. The number of carbonyl (C=O) groups excluding carboxylic acids is 1. The Morgan fingerprint density at radius 1 is 1.10 bits per heavy atom. The van der Waals surface area contributed by atoms with Crippen molar-refractivity contribution in [2.75, 3.05) is 6.61 Å². The molecule has 1 N–H and O–H groups in total. The lowest BCUT2D eigenvalue weighted by molar-refractivity contribution is 0.0946. The number of hydrogen-bond donors (Lipinski definition) is 1. The van der Waals surface area contributed by atoms with Crippen molar-refractivity contribution >= 4 is 17.5 Å². The third-order valence-electron chi connectivity index (χ3n) is 4.59. The zero-order valence-electron chi connectivity index (χ0n) is 16.8. The highest BCUT2D eigenvalue weighted by Crippen LogP contribution is 2.28. The average molecular weight is 434 g/mol. The van der Waals surface area contributed by atoms with Gasteiger partial charge in [0.25, 0.3) is 5.91 Å². The van der Waals surface area contributed by atoms with E-state index in [4.69, 9.17) is 16.3 Å². The van der Waals surface area contributed by atoms with Gasteiger partial charge in [-0.15, -0.1) is 5.10 Å². The van der Waals surface area contributed by atoms with Gasteiger partial charge in [-0.2, -0.15) is 0 Å². The Labute approximate surface area is 184 Å². The van der Waals surface area contributed by atoms with E-state index in [9.17, 15) is 4.79 Å². The molecule has 0 saturated carbocycles. The van der Waals surface area contributed by atoms with Crippen LogP contribution in [-0.2, 0) is 6.54 Å². The molecule has 2 aromatic carbocycles. The molecule has 0 spiro atoms. The summed E-state index contributed by atoms with van der Waals surface area (Å²) in [7, 11) is 0. The first-order valence-electron chi connectivity index (χ1n) is 9.78. The molecule has 0 aliphatic carbocycles. The Morgan fingerprint density at radius 3 is 2.61 bits per heavy atom. The van der Waals surface area contributed by atoms with Crippen molar-refractivity contribution < 1.29 is 9.53 Å². The second-order valence-corrected chi connectivity index (χ2v) is 7.06. The van der Waals surface area contributed by atoms with Gasteiger partial charge in [0.15, 0.2) is 5.69 Å². The fourth-order valence-electron chi connectivity index (χ4n) is 3.13. The summed E-state index contributed by atoms with van der Waals surface area (Å²) < 4.78 is 7.01. The van der Waals surface area contributed by atoms with Crippen LogP contribution in [-0.4, -0.2) is 32.5 Å². The Kier molecular flexibility index (Phi) is 6.24. The van der Waals surface area contributed by atoms with Crippen LogP contribution >= 0.6 is 11.6 Å². The summed E-state index contributed by atoms with van der Waals surface area (Å²) in [6.07, 6.45) is 3.33. The lowest BCUT2D eigenvalue weighted by Gasteiger charge is -2.10. The van der Waals surface area contributed by atoms with Gasteiger partial charge in [-0.1, -0.05) is 41.1 Å². The van der Waals surface area contributed by atoms with E-state index in [2.05, 4.69) is 20.6 Å². The molecule has 2 heterocycles. The monoisotopic (exact) mass is 433 g/mol. The molecule has 0 unspecified atom stereocenters. The van der Waals surface area contributed by atoms with Gasteiger partial charge in [-0.3, -0.25) is 9.78 Å². The molecule has 0 aliphatic rings. The summed E-state index contributed by atoms with van der Waals surface area (Å²) in [6, 6.07) is 18.5. The van der Waals surface area contributed by atoms with E-state index in [-0.39, 0.29) is 11.6 Å². The molecule has 0 radical (unpaired) electrons. The summed E-state index contributed by atoms with van der Waals surface area (Å²) in [6.45, 7) is 2.88. The molecule has 0 fully saturated rings. The molecule has 0 saturated heterocycles. The van der Waals surface area contributed by atoms with Crippen LogP contribution in [0.5, 0.6) is 5.75 Å². The van der Waals surface area contributed by atoms with E-state index in [1.54, 1.807) is 29.2 Å². The van der Waals surface area contributed by atoms with E-state index in [1.165, 1.54) is 0 Å². The first-order valence-corrected chi connectivity index (χ1v) is 10.2. The maximum absolute atomic E-state index is 13.0. The molecule has 4 aromatic rings. The maximum atomic E-state index is 13.0. The molecular formula is C23H20ClN5O2. The third kappa shape index (κ3) is 4.57. The number of aromatic nitrogens is 4. The van der Waals surface area contributed by atoms with Crippen molar-refractivity contribution in [3.8, 4) is 22.7 Å². The van der Waals surface area contributed by atoms with Crippen LogP contribution in [0.1, 0.15) is 23.0 Å². The third-order valence-corrected chi connectivity index (χ3v) is 4.91. The second kappa shape index (κ2) is 9.40. The zero-order valence-corrected chi connectivity index (χ0v) is 17.6. The summed E-state index contributed by atoms with van der Waals surface area (Å²) >= 11 is 6.37. The summed E-state index contributed by atoms with van der Waals surface area (Å²) in [5.41, 5.74) is 2.99. The number of nitrogens with one attached hydrogen (secondary N) is 1. The van der Waals surface area contributed by atoms with Gasteiger partial charge < -0.3 is 10.1 Å². The van der Waals surface area contributed by atoms with Crippen molar-refractivity contribution in [2.45, 2.75) is 13.5 Å². The number of para-hydroxylation sites is 1. The van der Waals surface area contributed by atoms with Gasteiger partial charge in [0.1, 0.15) is 11.4 Å². The molecule has 0 atom stereocenters. The largest absolute Gasteiger partial charge is 0.494 e. The molecule has 31 heavy (non-hydrogen) atoms. The molecule has 1 amide bonds. The van der Waals surface area contributed by atoms with Crippen molar-refractivity contribution in [3.05, 3.63) is 89.3 Å². The van der Waals surface area contributed by atoms with Crippen molar-refractivity contribution in [3.63, 3.8) is 0 Å². The van der Waals surface area contributed by atoms with Gasteiger partial charge in [0, 0.05) is 24.5 Å². The molecular weight excluding hydrogens is 414 g/mol. The van der Waals surface area contributed by atoms with Crippen LogP contribution in [0, 0.1) is 0 Å². The van der Waals surface area contributed by atoms with Crippen molar-refractivity contribution in [1.82, 2.24) is 25.3 Å². The minimum atomic E-state index is -0.342. The fourth-order valence-corrected chi connectivity index (χ4v) is 3.34. The van der Waals surface area contributed by atoms with E-state index in [1.807, 2.05) is 55.5 Å². The van der Waals surface area contributed by atoms with Crippen LogP contribution in [0.3, 0.4) is 0 Å². The smallest absolute Gasteiger partial charge is 0.274 e. The number of pyridine rings is 1. The van der Waals surface area contributed by atoms with E-state index < -0.39 is 0 Å². The second-order valence-electron chi connectivity index (χ2n) is 6.65. The maximum Gasteiger partial charge on any atom is 0.274 e. The highest BCUT2D eigenvalue weighted by atomic mass is 35.5. The number of ether oxygens (including phenoxy) is 1. The molecule has 0 bridgehead atoms. The van der Waals surface area contributed by atoms with E-state index in [0.29, 0.717) is 35.1 Å². The van der Waals surface area contributed by atoms with E-state index >= 15 is 0 Å². The van der Waals surface area contributed by atoms with E-state index in [0.717, 1.165) is 11.3 Å². The van der Waals surface area contributed by atoms with Gasteiger partial charge >= 0.3 is 0 Å². The van der Waals surface area contributed by atoms with Gasteiger partial charge in [-0.25, -0.2) is 4.68 Å². The molecule has 4 rings (SSSR count). The summed E-state index contributed by atoms with van der Waals surface area (Å²) in [4.78, 5) is 17.2. The highest BCUT2D eigenvalue weighted by molar-refractivity contribution is 6.32. The Balaban J connectivity index is 1.63. The first kappa shape index (κ1) is 20.6. The number of amides is 1. The van der Waals surface area contributed by atoms with Crippen LogP contribution in [0.15, 0.2) is 73.1 Å². The predicted octanol–water partition coefficient (Wildman–Crippen LogP) is 4.31. The Bertz CT molecular complexity index is 1180. The summed E-state index contributed by atoms with van der Waals surface area (Å²) in [5.74, 6) is 0.449. The minimum absolute atomic E-state index is 0.193. The van der Waals surface area contributed by atoms with Gasteiger partial charge in [0.2, 0.25) is 0 Å². The zero-order chi connectivity index (χ0) is 21.6. The highest BCUT2D eigenvalue weighted by Gasteiger charge is 2.23. The van der Waals surface area contributed by atoms with Crippen LogP contribution in [0.25, 0.3) is 16.9 Å². The number of benzene rings is 2. The minimum Gasteiger partial charge on any atom is -0.494 e. The number of carbonyl (C=O) groups is 1. The normalized spacial score (nSPS) is 10.6. The lowest BCUT2D eigenvalue weighted by Crippen LogP contribution is -2.24. The van der Waals surface area contributed by atoms with Crippen LogP contribution in [0.4, 0.5) is 0 Å². The first-order chi connectivity index (χ1) is 15.2. The predicted molar refractivity (Wildman–Crippen MR) is 118 cm³/mol. The number of nitrogens with zero attached hydrogens (tertiary/aromatic N) is 4. The lowest BCUT2D eigenvalue weighted by atomic mass is 10.1. The average Bonchev–Trinajstić information content (AvgIpc) is 3.24. The standard InChI is InChI=1S/C23H20ClN5O2/c1-2-31-18-11-9-16(10-12-18)14-26-23(30)21-22(17-6-5-13-25-15-17)29(28-27-21)20-8-4-3-7-19(20)24/h3-13,15H,2,14H2,1H3,(H,26,30). The molecule has 156 valence electrons. The number of halogens is 1. The van der Waals surface area contributed by atoms with Crippen LogP contribution < -0.4 is 10.1 Å². The van der Waals surface area contributed by atoms with Gasteiger partial charge in [-0.05, 0) is 48.9 Å². The van der Waals surface area contributed by atoms with Crippen molar-refractivity contribution in [2.24, 2.45) is 0 Å². The Morgan fingerprint density at radius 2 is 1.90 bits per heavy atom. The van der Waals surface area contributed by atoms with Gasteiger partial charge in [0.05, 0.1) is 17.3 Å². The molecule has 2 aromatic heterocycles. The molecule has 0 aliphatic heterocycles. The molecule has 7 nitrogen and oxygen atoms in total. The topological polar surface area (TPSA) is 81.9 Å². The van der Waals surface area contributed by atoms with Crippen LogP contribution in [0.2, 0.25) is 5.02 Å².